The minimum absolute atomic E-state index is 0.278. The number of hydrogen-bond acceptors (Lipinski definition) is 3. The number of para-hydroxylation sites is 1. The molecule has 0 saturated heterocycles. The van der Waals surface area contributed by atoms with Gasteiger partial charge in [0.05, 0.1) is 11.4 Å². The van der Waals surface area contributed by atoms with Gasteiger partial charge in [0, 0.05) is 22.0 Å². The Kier molecular flexibility index (Phi) is 2.20. The molecule has 0 fully saturated rings. The molecule has 3 aromatic rings. The standard InChI is InChI=1S/C19H13NO2/c21-19-15-10-17-14(11-5-1-3-7-16(11)20-17)9-13(15)12-6-2-4-8-18(12)22-19/h1-6,8-10,16,20H,7H2. The van der Waals surface area contributed by atoms with Gasteiger partial charge in [-0.15, -0.1) is 0 Å². The molecule has 0 radical (unpaired) electrons. The van der Waals surface area contributed by atoms with E-state index in [0.717, 1.165) is 22.9 Å². The summed E-state index contributed by atoms with van der Waals surface area (Å²) in [7, 11) is 0. The number of hydrogen-bond donors (Lipinski definition) is 1. The molecule has 2 aliphatic rings. The van der Waals surface area contributed by atoms with Crippen molar-refractivity contribution >= 4 is 33.0 Å². The van der Waals surface area contributed by atoms with Crippen LogP contribution in [0.25, 0.3) is 27.3 Å². The van der Waals surface area contributed by atoms with Crippen LogP contribution in [0.4, 0.5) is 5.69 Å². The molecule has 3 nitrogen and oxygen atoms in total. The van der Waals surface area contributed by atoms with Crippen LogP contribution in [-0.4, -0.2) is 6.04 Å². The van der Waals surface area contributed by atoms with Gasteiger partial charge >= 0.3 is 5.63 Å². The topological polar surface area (TPSA) is 42.2 Å². The van der Waals surface area contributed by atoms with E-state index in [4.69, 9.17) is 4.42 Å². The van der Waals surface area contributed by atoms with Crippen LogP contribution in [0.2, 0.25) is 0 Å². The van der Waals surface area contributed by atoms with Crippen molar-refractivity contribution in [2.24, 2.45) is 0 Å². The van der Waals surface area contributed by atoms with Gasteiger partial charge in [0.15, 0.2) is 0 Å². The predicted octanol–water partition coefficient (Wildman–Crippen LogP) is 4.08. The van der Waals surface area contributed by atoms with E-state index >= 15 is 0 Å². The van der Waals surface area contributed by atoms with Gasteiger partial charge in [0.2, 0.25) is 0 Å². The molecule has 3 heteroatoms. The molecule has 1 atom stereocenters. The summed E-state index contributed by atoms with van der Waals surface area (Å²) >= 11 is 0. The molecule has 5 rings (SSSR count). The van der Waals surface area contributed by atoms with Crippen molar-refractivity contribution < 1.29 is 4.42 Å². The maximum Gasteiger partial charge on any atom is 0.344 e. The van der Waals surface area contributed by atoms with Crippen LogP contribution in [0.5, 0.6) is 0 Å². The smallest absolute Gasteiger partial charge is 0.344 e. The molecule has 1 aromatic heterocycles. The lowest BCUT2D eigenvalue weighted by molar-refractivity contribution is 0.569. The van der Waals surface area contributed by atoms with E-state index in [1.54, 1.807) is 0 Å². The molecule has 106 valence electrons. The largest absolute Gasteiger partial charge is 0.422 e. The van der Waals surface area contributed by atoms with E-state index in [2.05, 4.69) is 29.6 Å². The Bertz CT molecular complexity index is 1060. The Labute approximate surface area is 126 Å². The fourth-order valence-electron chi connectivity index (χ4n) is 3.51. The van der Waals surface area contributed by atoms with Crippen LogP contribution < -0.4 is 10.9 Å². The molecule has 1 aliphatic heterocycles. The first-order valence-electron chi connectivity index (χ1n) is 7.44. The van der Waals surface area contributed by atoms with Crippen molar-refractivity contribution in [2.45, 2.75) is 12.5 Å². The first-order valence-corrected chi connectivity index (χ1v) is 7.44. The van der Waals surface area contributed by atoms with E-state index in [0.29, 0.717) is 17.0 Å². The monoisotopic (exact) mass is 287 g/mol. The fourth-order valence-corrected chi connectivity index (χ4v) is 3.51. The Balaban J connectivity index is 1.92. The summed E-state index contributed by atoms with van der Waals surface area (Å²) in [5.41, 5.74) is 3.88. The highest BCUT2D eigenvalue weighted by molar-refractivity contribution is 6.08. The molecule has 0 amide bonds. The fraction of sp³-hybridized carbons (Fsp3) is 0.105. The van der Waals surface area contributed by atoms with E-state index in [1.165, 1.54) is 11.1 Å². The molecule has 2 heterocycles. The van der Waals surface area contributed by atoms with Crippen molar-refractivity contribution in [2.75, 3.05) is 5.32 Å². The predicted molar refractivity (Wildman–Crippen MR) is 89.1 cm³/mol. The molecule has 0 saturated carbocycles. The summed E-state index contributed by atoms with van der Waals surface area (Å²) in [4.78, 5) is 12.3. The quantitative estimate of drug-likeness (QED) is 0.500. The highest BCUT2D eigenvalue weighted by Gasteiger charge is 2.27. The summed E-state index contributed by atoms with van der Waals surface area (Å²) < 4.78 is 5.44. The maximum absolute atomic E-state index is 12.3. The van der Waals surface area contributed by atoms with E-state index in [9.17, 15) is 4.79 Å². The lowest BCUT2D eigenvalue weighted by Crippen LogP contribution is -2.14. The third-order valence-corrected chi connectivity index (χ3v) is 4.56. The highest BCUT2D eigenvalue weighted by Crippen LogP contribution is 2.41. The molecule has 0 bridgehead atoms. The van der Waals surface area contributed by atoms with Crippen LogP contribution in [0.15, 0.2) is 63.8 Å². The van der Waals surface area contributed by atoms with Gasteiger partial charge < -0.3 is 9.73 Å². The summed E-state index contributed by atoms with van der Waals surface area (Å²) in [6, 6.07) is 12.1. The first-order chi connectivity index (χ1) is 10.8. The van der Waals surface area contributed by atoms with Gasteiger partial charge in [-0.05, 0) is 30.2 Å². The number of fused-ring (bicyclic) bond motifs is 6. The minimum Gasteiger partial charge on any atom is -0.422 e. The lowest BCUT2D eigenvalue weighted by Gasteiger charge is -2.13. The highest BCUT2D eigenvalue weighted by atomic mass is 16.4. The molecule has 2 aromatic carbocycles. The van der Waals surface area contributed by atoms with E-state index in [-0.39, 0.29) is 5.63 Å². The average Bonchev–Trinajstić information content (AvgIpc) is 2.91. The Hall–Kier alpha value is -2.81. The number of nitrogens with one attached hydrogen (secondary N) is 1. The van der Waals surface area contributed by atoms with Crippen LogP contribution >= 0.6 is 0 Å². The molecule has 1 unspecified atom stereocenters. The molecule has 1 aliphatic carbocycles. The van der Waals surface area contributed by atoms with E-state index < -0.39 is 0 Å². The Morgan fingerprint density at radius 1 is 1.09 bits per heavy atom. The molecule has 1 N–H and O–H groups in total. The van der Waals surface area contributed by atoms with Crippen LogP contribution in [0, 0.1) is 0 Å². The van der Waals surface area contributed by atoms with Gasteiger partial charge in [-0.25, -0.2) is 4.79 Å². The summed E-state index contributed by atoms with van der Waals surface area (Å²) in [6.07, 6.45) is 7.40. The summed E-state index contributed by atoms with van der Waals surface area (Å²) in [6.45, 7) is 0. The Morgan fingerprint density at radius 3 is 2.95 bits per heavy atom. The molecule has 0 spiro atoms. The second-order valence-electron chi connectivity index (χ2n) is 5.81. The van der Waals surface area contributed by atoms with Crippen LogP contribution in [0.3, 0.4) is 0 Å². The zero-order chi connectivity index (χ0) is 14.7. The first kappa shape index (κ1) is 11.8. The average molecular weight is 287 g/mol. The van der Waals surface area contributed by atoms with Gasteiger partial charge in [-0.3, -0.25) is 0 Å². The zero-order valence-corrected chi connectivity index (χ0v) is 11.8. The SMILES string of the molecule is O=c1oc2ccccc2c2cc3c(cc12)NC1CC=CC=C31. The minimum atomic E-state index is -0.278. The zero-order valence-electron chi connectivity index (χ0n) is 11.8. The number of benzene rings is 2. The maximum atomic E-state index is 12.3. The van der Waals surface area contributed by atoms with Gasteiger partial charge in [0.1, 0.15) is 5.58 Å². The second-order valence-corrected chi connectivity index (χ2v) is 5.81. The van der Waals surface area contributed by atoms with E-state index in [1.807, 2.05) is 30.3 Å². The second kappa shape index (κ2) is 4.10. The van der Waals surface area contributed by atoms with Crippen LogP contribution in [-0.2, 0) is 0 Å². The van der Waals surface area contributed by atoms with Crippen molar-refractivity contribution in [3.8, 4) is 0 Å². The third-order valence-electron chi connectivity index (χ3n) is 4.56. The summed E-state index contributed by atoms with van der Waals surface area (Å²) in [5, 5.41) is 6.08. The number of anilines is 1. The number of rotatable bonds is 0. The van der Waals surface area contributed by atoms with Gasteiger partial charge in [-0.2, -0.15) is 0 Å². The van der Waals surface area contributed by atoms with Crippen molar-refractivity contribution in [3.05, 3.63) is 70.6 Å². The van der Waals surface area contributed by atoms with Crippen molar-refractivity contribution in [1.29, 1.82) is 0 Å². The Morgan fingerprint density at radius 2 is 2.00 bits per heavy atom. The summed E-state index contributed by atoms with van der Waals surface area (Å²) in [5.74, 6) is 0. The van der Waals surface area contributed by atoms with Gasteiger partial charge in [-0.1, -0.05) is 36.4 Å². The number of allylic oxidation sites excluding steroid dienone is 2. The van der Waals surface area contributed by atoms with Crippen molar-refractivity contribution in [1.82, 2.24) is 0 Å². The molecule has 22 heavy (non-hydrogen) atoms. The van der Waals surface area contributed by atoms with Crippen LogP contribution in [0.1, 0.15) is 12.0 Å². The third kappa shape index (κ3) is 1.48. The normalized spacial score (nSPS) is 18.9. The lowest BCUT2D eigenvalue weighted by atomic mass is 9.94. The van der Waals surface area contributed by atoms with Gasteiger partial charge in [0.25, 0.3) is 0 Å². The molecular formula is C19H13NO2. The van der Waals surface area contributed by atoms with Crippen molar-refractivity contribution in [3.63, 3.8) is 0 Å². The molecular weight excluding hydrogens is 274 g/mol.